The Kier molecular flexibility index (Phi) is 7.86. The van der Waals surface area contributed by atoms with Crippen molar-refractivity contribution in [3.63, 3.8) is 0 Å². The number of ether oxygens (including phenoxy) is 1. The molecule has 1 aromatic heterocycles. The van der Waals surface area contributed by atoms with Crippen molar-refractivity contribution in [3.8, 4) is 28.8 Å². The predicted octanol–water partition coefficient (Wildman–Crippen LogP) is 6.77. The van der Waals surface area contributed by atoms with Gasteiger partial charge >= 0.3 is 0 Å². The molecule has 4 aromatic rings. The van der Waals surface area contributed by atoms with Crippen LogP contribution in [0.4, 0.5) is 0 Å². The maximum Gasteiger partial charge on any atom is 0.271 e. The number of nitriles is 1. The summed E-state index contributed by atoms with van der Waals surface area (Å²) in [5, 5.41) is 15.3. The molecule has 0 radical (unpaired) electrons. The van der Waals surface area contributed by atoms with Crippen LogP contribution in [0.5, 0.6) is 5.75 Å². The highest BCUT2D eigenvalue weighted by Gasteiger charge is 2.37. The number of benzene rings is 3. The normalized spacial score (nSPS) is 14.6. The highest BCUT2D eigenvalue weighted by Crippen LogP contribution is 2.33. The van der Waals surface area contributed by atoms with Crippen LogP contribution in [0.1, 0.15) is 31.9 Å². The van der Waals surface area contributed by atoms with Crippen LogP contribution in [0, 0.1) is 11.3 Å². The van der Waals surface area contributed by atoms with E-state index < -0.39 is 17.9 Å². The molecule has 3 aromatic carbocycles. The number of aromatic nitrogens is 2. The summed E-state index contributed by atoms with van der Waals surface area (Å²) in [7, 11) is 0. The number of hydrogen-bond donors (Lipinski definition) is 0. The average Bonchev–Trinajstić information content (AvgIpc) is 3.40. The Balaban J connectivity index is 1.59. The maximum atomic E-state index is 13.5. The van der Waals surface area contributed by atoms with Gasteiger partial charge in [-0.1, -0.05) is 54.1 Å². The molecule has 0 atom stereocenters. The van der Waals surface area contributed by atoms with Crippen LogP contribution in [-0.2, 0) is 16.2 Å². The van der Waals surface area contributed by atoms with E-state index in [1.807, 2.05) is 91.1 Å². The summed E-state index contributed by atoms with van der Waals surface area (Å²) in [5.74, 6) is -0.369. The maximum absolute atomic E-state index is 13.5. The molecule has 0 spiro atoms. The van der Waals surface area contributed by atoms with Gasteiger partial charge in [0.1, 0.15) is 29.7 Å². The standard InChI is InChI=1S/C33H27ClN4O3/c1-21(2)38-32(39)29(22(3)30(18-35)33(38)40)17-25-19-37(27-9-5-4-6-10-27)36-31(25)24-8-7-11-28(16-24)41-20-23-12-14-26(34)15-13-23/h4-17,19,21H,20H2,1-3H3/b29-17+. The van der Waals surface area contributed by atoms with Crippen LogP contribution < -0.4 is 4.74 Å². The third-order valence-corrected chi connectivity index (χ3v) is 7.03. The molecule has 7 nitrogen and oxygen atoms in total. The van der Waals surface area contributed by atoms with E-state index in [1.54, 1.807) is 31.5 Å². The van der Waals surface area contributed by atoms with Crippen molar-refractivity contribution >= 4 is 29.5 Å². The predicted molar refractivity (Wildman–Crippen MR) is 158 cm³/mol. The molecule has 204 valence electrons. The highest BCUT2D eigenvalue weighted by molar-refractivity contribution is 6.30. The van der Waals surface area contributed by atoms with Gasteiger partial charge in [-0.15, -0.1) is 0 Å². The number of hydrogen-bond acceptors (Lipinski definition) is 5. The quantitative estimate of drug-likeness (QED) is 0.183. The summed E-state index contributed by atoms with van der Waals surface area (Å²) >= 11 is 6.00. The zero-order valence-corrected chi connectivity index (χ0v) is 23.6. The molecular weight excluding hydrogens is 536 g/mol. The third-order valence-electron chi connectivity index (χ3n) is 6.78. The molecule has 0 fully saturated rings. The zero-order valence-electron chi connectivity index (χ0n) is 22.8. The Hall–Kier alpha value is -4.93. The summed E-state index contributed by atoms with van der Waals surface area (Å²) in [5.41, 5.74) is 4.45. The lowest BCUT2D eigenvalue weighted by Crippen LogP contribution is -2.46. The third kappa shape index (κ3) is 5.69. The van der Waals surface area contributed by atoms with Gasteiger partial charge in [0, 0.05) is 34.0 Å². The van der Waals surface area contributed by atoms with Gasteiger partial charge in [0.2, 0.25) is 0 Å². The molecule has 2 heterocycles. The monoisotopic (exact) mass is 562 g/mol. The minimum absolute atomic E-state index is 0.0425. The fourth-order valence-electron chi connectivity index (χ4n) is 4.63. The molecule has 1 aliphatic heterocycles. The number of imide groups is 1. The van der Waals surface area contributed by atoms with Gasteiger partial charge in [0.15, 0.2) is 0 Å². The van der Waals surface area contributed by atoms with E-state index in [0.717, 1.165) is 21.7 Å². The van der Waals surface area contributed by atoms with Gasteiger partial charge in [-0.25, -0.2) is 4.68 Å². The van der Waals surface area contributed by atoms with Crippen LogP contribution in [-0.4, -0.2) is 32.5 Å². The summed E-state index contributed by atoms with van der Waals surface area (Å²) in [6, 6.07) is 26.3. The lowest BCUT2D eigenvalue weighted by molar-refractivity contribution is -0.142. The van der Waals surface area contributed by atoms with Gasteiger partial charge in [-0.2, -0.15) is 10.4 Å². The van der Waals surface area contributed by atoms with Crippen LogP contribution in [0.25, 0.3) is 23.0 Å². The number of nitrogens with zero attached hydrogens (tertiary/aromatic N) is 4. The second-order valence-electron chi connectivity index (χ2n) is 9.90. The molecule has 2 amide bonds. The van der Waals surface area contributed by atoms with Crippen molar-refractivity contribution in [1.82, 2.24) is 14.7 Å². The molecule has 0 unspecified atom stereocenters. The summed E-state index contributed by atoms with van der Waals surface area (Å²) in [6.07, 6.45) is 3.54. The lowest BCUT2D eigenvalue weighted by atomic mass is 9.92. The first-order chi connectivity index (χ1) is 19.8. The summed E-state index contributed by atoms with van der Waals surface area (Å²) < 4.78 is 7.80. The van der Waals surface area contributed by atoms with Crippen LogP contribution in [0.15, 0.2) is 102 Å². The van der Waals surface area contributed by atoms with Gasteiger partial charge in [0.05, 0.1) is 5.69 Å². The van der Waals surface area contributed by atoms with E-state index >= 15 is 0 Å². The second-order valence-corrected chi connectivity index (χ2v) is 10.3. The lowest BCUT2D eigenvalue weighted by Gasteiger charge is -2.30. The molecule has 0 saturated heterocycles. The number of rotatable bonds is 7. The number of carbonyl (C=O) groups is 2. The van der Waals surface area contributed by atoms with Crippen LogP contribution >= 0.6 is 11.6 Å². The minimum Gasteiger partial charge on any atom is -0.489 e. The molecule has 1 aliphatic rings. The molecule has 0 saturated carbocycles. The number of amides is 2. The molecule has 0 bridgehead atoms. The summed E-state index contributed by atoms with van der Waals surface area (Å²) in [6.45, 7) is 5.49. The molecule has 41 heavy (non-hydrogen) atoms. The van der Waals surface area contributed by atoms with E-state index in [2.05, 4.69) is 0 Å². The van der Waals surface area contributed by atoms with Gasteiger partial charge in [-0.3, -0.25) is 14.5 Å². The van der Waals surface area contributed by atoms with Crippen molar-refractivity contribution in [3.05, 3.63) is 118 Å². The van der Waals surface area contributed by atoms with E-state index in [1.165, 1.54) is 0 Å². The average molecular weight is 563 g/mol. The largest absolute Gasteiger partial charge is 0.489 e. The molecule has 0 N–H and O–H groups in total. The SMILES string of the molecule is CC1=C(C#N)C(=O)N(C(C)C)C(=O)/C1=C/c1cn(-c2ccccc2)nc1-c1cccc(OCc2ccc(Cl)cc2)c1. The van der Waals surface area contributed by atoms with E-state index in [0.29, 0.717) is 34.2 Å². The van der Waals surface area contributed by atoms with Gasteiger partial charge in [0.25, 0.3) is 11.8 Å². The Morgan fingerprint density at radius 2 is 1.73 bits per heavy atom. The first-order valence-electron chi connectivity index (χ1n) is 13.1. The van der Waals surface area contributed by atoms with Crippen LogP contribution in [0.2, 0.25) is 5.02 Å². The van der Waals surface area contributed by atoms with Crippen LogP contribution in [0.3, 0.4) is 0 Å². The Morgan fingerprint density at radius 3 is 2.41 bits per heavy atom. The number of carbonyl (C=O) groups excluding carboxylic acids is 2. The molecule has 5 rings (SSSR count). The Labute approximate surface area is 243 Å². The molecule has 0 aliphatic carbocycles. The molecule has 8 heteroatoms. The number of halogens is 1. The van der Waals surface area contributed by atoms with E-state index in [4.69, 9.17) is 21.4 Å². The zero-order chi connectivity index (χ0) is 29.1. The first-order valence-corrected chi connectivity index (χ1v) is 13.5. The van der Waals surface area contributed by atoms with Crippen molar-refractivity contribution in [2.24, 2.45) is 0 Å². The minimum atomic E-state index is -0.576. The molecular formula is C33H27ClN4O3. The van der Waals surface area contributed by atoms with Gasteiger partial charge < -0.3 is 4.74 Å². The first kappa shape index (κ1) is 27.6. The van der Waals surface area contributed by atoms with E-state index in [9.17, 15) is 14.9 Å². The smallest absolute Gasteiger partial charge is 0.271 e. The highest BCUT2D eigenvalue weighted by atomic mass is 35.5. The fraction of sp³-hybridized carbons (Fsp3) is 0.152. The van der Waals surface area contributed by atoms with E-state index in [-0.39, 0.29) is 11.1 Å². The fourth-order valence-corrected chi connectivity index (χ4v) is 4.76. The van der Waals surface area contributed by atoms with Gasteiger partial charge in [-0.05, 0) is 74.4 Å². The second kappa shape index (κ2) is 11.7. The number of para-hydroxylation sites is 1. The van der Waals surface area contributed by atoms with Crippen molar-refractivity contribution in [1.29, 1.82) is 5.26 Å². The summed E-state index contributed by atoms with van der Waals surface area (Å²) in [4.78, 5) is 27.5. The van der Waals surface area contributed by atoms with Crippen molar-refractivity contribution < 1.29 is 14.3 Å². The Bertz CT molecular complexity index is 1730. The van der Waals surface area contributed by atoms with Crippen molar-refractivity contribution in [2.75, 3.05) is 0 Å². The van der Waals surface area contributed by atoms with Crippen molar-refractivity contribution in [2.45, 2.75) is 33.4 Å². The Morgan fingerprint density at radius 1 is 1.00 bits per heavy atom. The topological polar surface area (TPSA) is 88.2 Å².